The summed E-state index contributed by atoms with van der Waals surface area (Å²) in [6.45, 7) is 2.44. The number of benzene rings is 2. The van der Waals surface area contributed by atoms with Gasteiger partial charge in [0.15, 0.2) is 0 Å². The van der Waals surface area contributed by atoms with Crippen LogP contribution in [0.1, 0.15) is 27.6 Å². The highest BCUT2D eigenvalue weighted by molar-refractivity contribution is 5.99. The van der Waals surface area contributed by atoms with E-state index in [0.717, 1.165) is 0 Å². The second kappa shape index (κ2) is 7.84. The summed E-state index contributed by atoms with van der Waals surface area (Å²) >= 11 is 0. The second-order valence-corrected chi connectivity index (χ2v) is 4.60. The number of carbonyl (C=O) groups is 2. The van der Waals surface area contributed by atoms with E-state index in [1.54, 1.807) is 48.5 Å². The van der Waals surface area contributed by atoms with Gasteiger partial charge in [0, 0.05) is 11.1 Å². The Labute approximate surface area is 134 Å². The molecule has 0 saturated heterocycles. The van der Waals surface area contributed by atoms with Crippen molar-refractivity contribution in [3.05, 3.63) is 59.7 Å². The van der Waals surface area contributed by atoms with E-state index in [1.807, 2.05) is 6.92 Å². The first-order chi connectivity index (χ1) is 11.1. The van der Waals surface area contributed by atoms with Gasteiger partial charge < -0.3 is 9.47 Å². The fourth-order valence-corrected chi connectivity index (χ4v) is 1.89. The lowest BCUT2D eigenvalue weighted by Crippen LogP contribution is -2.41. The van der Waals surface area contributed by atoms with Crippen LogP contribution in [0, 0.1) is 0 Å². The fraction of sp³-hybridized carbons (Fsp3) is 0.176. The van der Waals surface area contributed by atoms with Crippen molar-refractivity contribution in [3.63, 3.8) is 0 Å². The number of ether oxygens (including phenoxy) is 2. The van der Waals surface area contributed by atoms with Crippen LogP contribution < -0.4 is 20.3 Å². The molecule has 0 unspecified atom stereocenters. The maximum absolute atomic E-state index is 12.0. The van der Waals surface area contributed by atoms with E-state index in [9.17, 15) is 9.59 Å². The largest absolute Gasteiger partial charge is 0.497 e. The first-order valence-electron chi connectivity index (χ1n) is 7.11. The van der Waals surface area contributed by atoms with Crippen molar-refractivity contribution in [2.45, 2.75) is 6.92 Å². The molecule has 2 aromatic carbocycles. The van der Waals surface area contributed by atoms with Crippen molar-refractivity contribution in [2.75, 3.05) is 13.7 Å². The number of hydrogen-bond donors (Lipinski definition) is 2. The number of nitrogens with one attached hydrogen (secondary N) is 2. The van der Waals surface area contributed by atoms with E-state index >= 15 is 0 Å². The smallest absolute Gasteiger partial charge is 0.269 e. The summed E-state index contributed by atoms with van der Waals surface area (Å²) in [6, 6.07) is 13.3. The molecule has 2 rings (SSSR count). The van der Waals surface area contributed by atoms with Gasteiger partial charge in [0.2, 0.25) is 0 Å². The maximum Gasteiger partial charge on any atom is 0.269 e. The van der Waals surface area contributed by atoms with Gasteiger partial charge in [-0.15, -0.1) is 0 Å². The van der Waals surface area contributed by atoms with Crippen molar-refractivity contribution in [2.24, 2.45) is 0 Å². The van der Waals surface area contributed by atoms with E-state index in [0.29, 0.717) is 29.2 Å². The Balaban J connectivity index is 1.93. The molecule has 0 fully saturated rings. The predicted octanol–water partition coefficient (Wildman–Crippen LogP) is 2.17. The van der Waals surface area contributed by atoms with E-state index in [2.05, 4.69) is 10.9 Å². The van der Waals surface area contributed by atoms with Gasteiger partial charge in [0.1, 0.15) is 11.5 Å². The lowest BCUT2D eigenvalue weighted by atomic mass is 10.2. The molecule has 0 atom stereocenters. The van der Waals surface area contributed by atoms with E-state index < -0.39 is 11.8 Å². The van der Waals surface area contributed by atoms with Crippen molar-refractivity contribution < 1.29 is 19.1 Å². The first-order valence-corrected chi connectivity index (χ1v) is 7.11. The zero-order valence-electron chi connectivity index (χ0n) is 13.0. The summed E-state index contributed by atoms with van der Waals surface area (Å²) < 4.78 is 10.4. The van der Waals surface area contributed by atoms with Crippen LogP contribution in [0.4, 0.5) is 0 Å². The maximum atomic E-state index is 12.0. The molecule has 0 radical (unpaired) electrons. The monoisotopic (exact) mass is 314 g/mol. The average Bonchev–Trinajstić information content (AvgIpc) is 2.60. The number of hydrogen-bond acceptors (Lipinski definition) is 4. The molecule has 120 valence electrons. The lowest BCUT2D eigenvalue weighted by molar-refractivity contribution is 0.0846. The molecule has 0 spiro atoms. The zero-order chi connectivity index (χ0) is 16.7. The summed E-state index contributed by atoms with van der Waals surface area (Å²) in [4.78, 5) is 24.0. The van der Waals surface area contributed by atoms with Gasteiger partial charge in [0.05, 0.1) is 13.7 Å². The summed E-state index contributed by atoms with van der Waals surface area (Å²) in [5.41, 5.74) is 5.53. The van der Waals surface area contributed by atoms with Crippen molar-refractivity contribution >= 4 is 11.8 Å². The Morgan fingerprint density at radius 2 is 1.57 bits per heavy atom. The van der Waals surface area contributed by atoms with E-state index in [1.165, 1.54) is 7.11 Å². The third kappa shape index (κ3) is 4.47. The van der Waals surface area contributed by atoms with Crippen LogP contribution in [0.2, 0.25) is 0 Å². The first kappa shape index (κ1) is 16.4. The van der Waals surface area contributed by atoms with Crippen LogP contribution in [0.15, 0.2) is 48.5 Å². The molecule has 6 nitrogen and oxygen atoms in total. The molecule has 0 aliphatic carbocycles. The van der Waals surface area contributed by atoms with E-state index in [-0.39, 0.29) is 0 Å². The molecule has 2 amide bonds. The van der Waals surface area contributed by atoms with Crippen LogP contribution in [0.3, 0.4) is 0 Å². The molecule has 23 heavy (non-hydrogen) atoms. The predicted molar refractivity (Wildman–Crippen MR) is 85.5 cm³/mol. The number of methoxy groups -OCH3 is 1. The summed E-state index contributed by atoms with van der Waals surface area (Å²) in [7, 11) is 1.52. The molecule has 0 aliphatic heterocycles. The standard InChI is InChI=1S/C17H18N2O4/c1-3-23-14-9-7-12(8-10-14)16(20)18-19-17(21)13-5-4-6-15(11-13)22-2/h4-11H,3H2,1-2H3,(H,18,20)(H,19,21). The fourth-order valence-electron chi connectivity index (χ4n) is 1.89. The van der Waals surface area contributed by atoms with Crippen molar-refractivity contribution in [1.29, 1.82) is 0 Å². The number of carbonyl (C=O) groups excluding carboxylic acids is 2. The summed E-state index contributed by atoms with van der Waals surface area (Å²) in [5.74, 6) is 0.410. The number of amides is 2. The molecular weight excluding hydrogens is 296 g/mol. The minimum absolute atomic E-state index is 0.386. The second-order valence-electron chi connectivity index (χ2n) is 4.60. The van der Waals surface area contributed by atoms with Crippen molar-refractivity contribution in [1.82, 2.24) is 10.9 Å². The topological polar surface area (TPSA) is 76.7 Å². The van der Waals surface area contributed by atoms with Crippen molar-refractivity contribution in [3.8, 4) is 11.5 Å². The third-order valence-corrected chi connectivity index (χ3v) is 3.05. The lowest BCUT2D eigenvalue weighted by Gasteiger charge is -2.09. The van der Waals surface area contributed by atoms with Gasteiger partial charge in [-0.3, -0.25) is 20.4 Å². The summed E-state index contributed by atoms with van der Waals surface area (Å²) in [6.07, 6.45) is 0. The zero-order valence-corrected chi connectivity index (χ0v) is 13.0. The average molecular weight is 314 g/mol. The Kier molecular flexibility index (Phi) is 5.57. The molecule has 2 aromatic rings. The van der Waals surface area contributed by atoms with Gasteiger partial charge in [-0.1, -0.05) is 6.07 Å². The van der Waals surface area contributed by atoms with Crippen LogP contribution in [-0.4, -0.2) is 25.5 Å². The molecule has 0 bridgehead atoms. The SMILES string of the molecule is CCOc1ccc(C(=O)NNC(=O)c2cccc(OC)c2)cc1. The minimum atomic E-state index is -0.428. The Morgan fingerprint density at radius 1 is 0.913 bits per heavy atom. The normalized spacial score (nSPS) is 9.83. The third-order valence-electron chi connectivity index (χ3n) is 3.05. The summed E-state index contributed by atoms with van der Waals surface area (Å²) in [5, 5.41) is 0. The van der Waals surface area contributed by atoms with Crippen LogP contribution in [0.25, 0.3) is 0 Å². The molecule has 0 aromatic heterocycles. The van der Waals surface area contributed by atoms with E-state index in [4.69, 9.17) is 9.47 Å². The Morgan fingerprint density at radius 3 is 2.17 bits per heavy atom. The minimum Gasteiger partial charge on any atom is -0.497 e. The van der Waals surface area contributed by atoms with Gasteiger partial charge in [-0.05, 0) is 49.4 Å². The molecule has 0 saturated carbocycles. The van der Waals surface area contributed by atoms with Crippen LogP contribution in [-0.2, 0) is 0 Å². The highest BCUT2D eigenvalue weighted by Gasteiger charge is 2.10. The number of rotatable bonds is 5. The van der Waals surface area contributed by atoms with Gasteiger partial charge in [-0.25, -0.2) is 0 Å². The highest BCUT2D eigenvalue weighted by Crippen LogP contribution is 2.13. The van der Waals surface area contributed by atoms with Gasteiger partial charge >= 0.3 is 0 Å². The quantitative estimate of drug-likeness (QED) is 0.829. The Bertz CT molecular complexity index is 683. The molecule has 0 aliphatic rings. The van der Waals surface area contributed by atoms with Gasteiger partial charge in [-0.2, -0.15) is 0 Å². The Hall–Kier alpha value is -3.02. The number of hydrazine groups is 1. The molecule has 2 N–H and O–H groups in total. The highest BCUT2D eigenvalue weighted by atomic mass is 16.5. The van der Waals surface area contributed by atoms with Crippen LogP contribution >= 0.6 is 0 Å². The molecule has 6 heteroatoms. The molecule has 0 heterocycles. The van der Waals surface area contributed by atoms with Crippen LogP contribution in [0.5, 0.6) is 11.5 Å². The van der Waals surface area contributed by atoms with Gasteiger partial charge in [0.25, 0.3) is 11.8 Å². The molecular formula is C17H18N2O4.